The first-order valence-corrected chi connectivity index (χ1v) is 4.87. The van der Waals surface area contributed by atoms with E-state index >= 15 is 0 Å². The first kappa shape index (κ1) is 9.72. The fourth-order valence-electron chi connectivity index (χ4n) is 1.71. The number of benzene rings is 1. The predicted molar refractivity (Wildman–Crippen MR) is 54.9 cm³/mol. The maximum absolute atomic E-state index is 13.0. The van der Waals surface area contributed by atoms with Gasteiger partial charge in [-0.05, 0) is 24.6 Å². The first-order chi connectivity index (χ1) is 7.26. The number of aryl methyl sites for hydroxylation is 1. The van der Waals surface area contributed by atoms with E-state index in [0.29, 0.717) is 16.7 Å². The molecule has 76 valence electrons. The number of nitriles is 1. The lowest BCUT2D eigenvalue weighted by Gasteiger charge is -1.94. The van der Waals surface area contributed by atoms with Crippen LogP contribution in [0.4, 0.5) is 4.39 Å². The van der Waals surface area contributed by atoms with E-state index in [-0.39, 0.29) is 5.82 Å². The lowest BCUT2D eigenvalue weighted by atomic mass is 10.1. The van der Waals surface area contributed by atoms with E-state index in [0.717, 1.165) is 18.4 Å². The Bertz CT molecular complexity index is 536. The molecule has 0 aliphatic carbocycles. The fraction of sp³-hybridized carbons (Fsp3) is 0.250. The molecule has 0 aliphatic heterocycles. The second kappa shape index (κ2) is 3.74. The summed E-state index contributed by atoms with van der Waals surface area (Å²) >= 11 is 0. The zero-order valence-corrected chi connectivity index (χ0v) is 8.38. The van der Waals surface area contributed by atoms with Gasteiger partial charge in [-0.15, -0.1) is 0 Å². The lowest BCUT2D eigenvalue weighted by molar-refractivity contribution is 0.590. The Morgan fingerprint density at radius 3 is 2.93 bits per heavy atom. The van der Waals surface area contributed by atoms with Gasteiger partial charge in [0.2, 0.25) is 5.76 Å². The standard InChI is InChI=1S/C12H10FNO/c1-2-3-9-10-6-8(13)4-5-11(10)15-12(9)7-14/h4-6H,2-3H2,1H3. The quantitative estimate of drug-likeness (QED) is 0.750. The molecule has 0 atom stereocenters. The summed E-state index contributed by atoms with van der Waals surface area (Å²) in [5.74, 6) is 0.00240. The van der Waals surface area contributed by atoms with Gasteiger partial charge in [-0.3, -0.25) is 0 Å². The highest BCUT2D eigenvalue weighted by atomic mass is 19.1. The summed E-state index contributed by atoms with van der Waals surface area (Å²) in [5, 5.41) is 9.59. The van der Waals surface area contributed by atoms with E-state index in [9.17, 15) is 4.39 Å². The highest BCUT2D eigenvalue weighted by Gasteiger charge is 2.13. The molecule has 0 saturated heterocycles. The molecule has 2 aromatic rings. The highest BCUT2D eigenvalue weighted by Crippen LogP contribution is 2.27. The molecule has 0 aliphatic rings. The van der Waals surface area contributed by atoms with Crippen molar-refractivity contribution >= 4 is 11.0 Å². The fourth-order valence-corrected chi connectivity index (χ4v) is 1.71. The molecule has 3 heteroatoms. The molecular formula is C12H10FNO. The third-order valence-electron chi connectivity index (χ3n) is 2.35. The number of halogens is 1. The largest absolute Gasteiger partial charge is 0.445 e. The van der Waals surface area contributed by atoms with Crippen LogP contribution in [0.15, 0.2) is 22.6 Å². The molecule has 0 fully saturated rings. The third-order valence-corrected chi connectivity index (χ3v) is 2.35. The van der Waals surface area contributed by atoms with Gasteiger partial charge < -0.3 is 4.42 Å². The molecule has 1 aromatic heterocycles. The summed E-state index contributed by atoms with van der Waals surface area (Å²) in [5.41, 5.74) is 1.39. The number of fused-ring (bicyclic) bond motifs is 1. The van der Waals surface area contributed by atoms with Gasteiger partial charge in [0.25, 0.3) is 0 Å². The van der Waals surface area contributed by atoms with Crippen LogP contribution >= 0.6 is 0 Å². The number of furan rings is 1. The Balaban J connectivity index is 2.72. The maximum Gasteiger partial charge on any atom is 0.207 e. The van der Waals surface area contributed by atoms with E-state index in [1.54, 1.807) is 6.07 Å². The van der Waals surface area contributed by atoms with Gasteiger partial charge in [-0.1, -0.05) is 13.3 Å². The van der Waals surface area contributed by atoms with E-state index in [1.165, 1.54) is 12.1 Å². The van der Waals surface area contributed by atoms with Gasteiger partial charge in [0, 0.05) is 10.9 Å². The highest BCUT2D eigenvalue weighted by molar-refractivity contribution is 5.83. The average molecular weight is 203 g/mol. The summed E-state index contributed by atoms with van der Waals surface area (Å²) in [7, 11) is 0. The van der Waals surface area contributed by atoms with Crippen molar-refractivity contribution in [2.24, 2.45) is 0 Å². The molecule has 0 spiro atoms. The van der Waals surface area contributed by atoms with Gasteiger partial charge in [-0.25, -0.2) is 4.39 Å². The van der Waals surface area contributed by atoms with E-state index in [1.807, 2.05) is 13.0 Å². The number of hydrogen-bond donors (Lipinski definition) is 0. The minimum atomic E-state index is -0.301. The van der Waals surface area contributed by atoms with Crippen LogP contribution in [-0.4, -0.2) is 0 Å². The normalized spacial score (nSPS) is 10.5. The molecule has 0 amide bonds. The minimum Gasteiger partial charge on any atom is -0.445 e. The second-order valence-electron chi connectivity index (χ2n) is 3.41. The average Bonchev–Trinajstić information content (AvgIpc) is 2.57. The Kier molecular flexibility index (Phi) is 2.42. The zero-order chi connectivity index (χ0) is 10.8. The molecule has 0 N–H and O–H groups in total. The maximum atomic E-state index is 13.0. The molecule has 2 rings (SSSR count). The van der Waals surface area contributed by atoms with E-state index in [2.05, 4.69) is 0 Å². The molecule has 0 saturated carbocycles. The predicted octanol–water partition coefficient (Wildman–Crippen LogP) is 3.40. The van der Waals surface area contributed by atoms with Crippen molar-refractivity contribution in [3.63, 3.8) is 0 Å². The first-order valence-electron chi connectivity index (χ1n) is 4.87. The SMILES string of the molecule is CCCc1c(C#N)oc2ccc(F)cc12. The van der Waals surface area contributed by atoms with Crippen molar-refractivity contribution in [3.8, 4) is 6.07 Å². The lowest BCUT2D eigenvalue weighted by Crippen LogP contribution is -1.84. The van der Waals surface area contributed by atoms with Crippen LogP contribution in [0.2, 0.25) is 0 Å². The Morgan fingerprint density at radius 2 is 2.27 bits per heavy atom. The molecule has 2 nitrogen and oxygen atoms in total. The van der Waals surface area contributed by atoms with Crippen LogP contribution in [0.3, 0.4) is 0 Å². The molecule has 15 heavy (non-hydrogen) atoms. The van der Waals surface area contributed by atoms with Crippen molar-refractivity contribution in [2.75, 3.05) is 0 Å². The summed E-state index contributed by atoms with van der Waals surface area (Å²) in [4.78, 5) is 0. The van der Waals surface area contributed by atoms with Crippen molar-refractivity contribution in [3.05, 3.63) is 35.3 Å². The second-order valence-corrected chi connectivity index (χ2v) is 3.41. The molecular weight excluding hydrogens is 193 g/mol. The molecule has 0 bridgehead atoms. The van der Waals surface area contributed by atoms with Crippen LogP contribution in [0.5, 0.6) is 0 Å². The number of hydrogen-bond acceptors (Lipinski definition) is 2. The van der Waals surface area contributed by atoms with Gasteiger partial charge in [-0.2, -0.15) is 5.26 Å². The third kappa shape index (κ3) is 1.59. The van der Waals surface area contributed by atoms with Crippen molar-refractivity contribution in [1.82, 2.24) is 0 Å². The van der Waals surface area contributed by atoms with Crippen LogP contribution in [0.1, 0.15) is 24.7 Å². The van der Waals surface area contributed by atoms with Crippen molar-refractivity contribution in [1.29, 1.82) is 5.26 Å². The van der Waals surface area contributed by atoms with Crippen LogP contribution in [0.25, 0.3) is 11.0 Å². The van der Waals surface area contributed by atoms with Gasteiger partial charge in [0.05, 0.1) is 0 Å². The Morgan fingerprint density at radius 1 is 1.47 bits per heavy atom. The smallest absolute Gasteiger partial charge is 0.207 e. The van der Waals surface area contributed by atoms with Crippen molar-refractivity contribution in [2.45, 2.75) is 19.8 Å². The summed E-state index contributed by atoms with van der Waals surface area (Å²) in [6, 6.07) is 6.32. The molecule has 0 unspecified atom stereocenters. The Hall–Kier alpha value is -1.82. The van der Waals surface area contributed by atoms with Crippen molar-refractivity contribution < 1.29 is 8.81 Å². The Labute approximate surface area is 86.9 Å². The molecule has 1 heterocycles. The molecule has 1 aromatic carbocycles. The van der Waals surface area contributed by atoms with Gasteiger partial charge in [0.1, 0.15) is 17.5 Å². The van der Waals surface area contributed by atoms with Crippen LogP contribution < -0.4 is 0 Å². The van der Waals surface area contributed by atoms with E-state index in [4.69, 9.17) is 9.68 Å². The molecule has 0 radical (unpaired) electrons. The topological polar surface area (TPSA) is 36.9 Å². The summed E-state index contributed by atoms with van der Waals surface area (Å²) in [6.45, 7) is 2.01. The minimum absolute atomic E-state index is 0.301. The van der Waals surface area contributed by atoms with Gasteiger partial charge >= 0.3 is 0 Å². The number of nitrogens with zero attached hydrogens (tertiary/aromatic N) is 1. The summed E-state index contributed by atoms with van der Waals surface area (Å²) in [6.07, 6.45) is 1.64. The monoisotopic (exact) mass is 203 g/mol. The zero-order valence-electron chi connectivity index (χ0n) is 8.38. The summed E-state index contributed by atoms with van der Waals surface area (Å²) < 4.78 is 18.4. The number of rotatable bonds is 2. The van der Waals surface area contributed by atoms with Crippen LogP contribution in [0, 0.1) is 17.1 Å². The van der Waals surface area contributed by atoms with Crippen LogP contribution in [-0.2, 0) is 6.42 Å². The van der Waals surface area contributed by atoms with Gasteiger partial charge in [0.15, 0.2) is 0 Å². The van der Waals surface area contributed by atoms with E-state index < -0.39 is 0 Å².